The molecule has 0 heterocycles. The number of allylic oxidation sites excluding steroid dienone is 1. The minimum Gasteiger partial charge on any atom is -0.396 e. The van der Waals surface area contributed by atoms with Gasteiger partial charge >= 0.3 is 0 Å². The monoisotopic (exact) mass is 336 g/mol. The summed E-state index contributed by atoms with van der Waals surface area (Å²) in [5.74, 6) is 0.445. The zero-order valence-corrected chi connectivity index (χ0v) is 14.9. The number of hydrogen-bond donors (Lipinski definition) is 4. The van der Waals surface area contributed by atoms with Crippen LogP contribution in [0.4, 0.5) is 0 Å². The van der Waals surface area contributed by atoms with E-state index in [0.29, 0.717) is 12.0 Å². The number of aliphatic hydroxyl groups excluding tert-OH is 4. The van der Waals surface area contributed by atoms with Gasteiger partial charge in [0, 0.05) is 11.3 Å². The molecule has 4 N–H and O–H groups in total. The average molecular weight is 336 g/mol. The van der Waals surface area contributed by atoms with Crippen molar-refractivity contribution >= 4 is 0 Å². The van der Waals surface area contributed by atoms with Crippen molar-refractivity contribution in [3.8, 4) is 0 Å². The molecule has 0 amide bonds. The van der Waals surface area contributed by atoms with Gasteiger partial charge in [-0.05, 0) is 60.5 Å². The van der Waals surface area contributed by atoms with E-state index < -0.39 is 17.6 Å². The largest absolute Gasteiger partial charge is 0.396 e. The number of rotatable bonds is 3. The van der Waals surface area contributed by atoms with E-state index in [-0.39, 0.29) is 36.4 Å². The molecule has 0 aromatic rings. The van der Waals surface area contributed by atoms with Gasteiger partial charge in [0.1, 0.15) is 0 Å². The molecule has 3 aliphatic carbocycles. The van der Waals surface area contributed by atoms with Gasteiger partial charge in [-0.2, -0.15) is 0 Å². The van der Waals surface area contributed by atoms with E-state index in [1.807, 2.05) is 6.92 Å². The third kappa shape index (κ3) is 2.42. The molecule has 2 saturated carbocycles. The minimum absolute atomic E-state index is 0.00316. The van der Waals surface area contributed by atoms with Crippen molar-refractivity contribution in [3.05, 3.63) is 23.8 Å². The van der Waals surface area contributed by atoms with Crippen molar-refractivity contribution in [2.24, 2.45) is 28.6 Å². The molecule has 24 heavy (non-hydrogen) atoms. The van der Waals surface area contributed by atoms with Crippen LogP contribution < -0.4 is 0 Å². The van der Waals surface area contributed by atoms with Crippen molar-refractivity contribution in [1.82, 2.24) is 0 Å². The summed E-state index contributed by atoms with van der Waals surface area (Å²) in [6.07, 6.45) is 5.34. The second-order valence-electron chi connectivity index (χ2n) is 8.71. The van der Waals surface area contributed by atoms with Gasteiger partial charge in [-0.3, -0.25) is 0 Å². The second-order valence-corrected chi connectivity index (χ2v) is 8.71. The molecule has 4 nitrogen and oxygen atoms in total. The lowest BCUT2D eigenvalue weighted by Crippen LogP contribution is -2.58. The summed E-state index contributed by atoms with van der Waals surface area (Å²) in [7, 11) is 0. The normalized spacial score (nSPS) is 48.2. The molecular weight excluding hydrogens is 304 g/mol. The first-order valence-corrected chi connectivity index (χ1v) is 9.25. The molecule has 136 valence electrons. The van der Waals surface area contributed by atoms with E-state index in [1.54, 1.807) is 0 Å². The van der Waals surface area contributed by atoms with Gasteiger partial charge in [0.15, 0.2) is 0 Å². The lowest BCUT2D eigenvalue weighted by atomic mass is 9.45. The van der Waals surface area contributed by atoms with Gasteiger partial charge in [0.2, 0.25) is 0 Å². The third-order valence-corrected chi connectivity index (χ3v) is 7.65. The van der Waals surface area contributed by atoms with E-state index in [0.717, 1.165) is 31.3 Å². The maximum Gasteiger partial charge on any atom is 0.0819 e. The number of fused-ring (bicyclic) bond motifs is 3. The Morgan fingerprint density at radius 2 is 1.92 bits per heavy atom. The van der Waals surface area contributed by atoms with Gasteiger partial charge in [-0.25, -0.2) is 0 Å². The maximum atomic E-state index is 10.9. The first-order valence-electron chi connectivity index (χ1n) is 9.25. The highest BCUT2D eigenvalue weighted by Crippen LogP contribution is 2.62. The molecule has 7 atom stereocenters. The van der Waals surface area contributed by atoms with E-state index in [2.05, 4.69) is 19.6 Å². The summed E-state index contributed by atoms with van der Waals surface area (Å²) in [6.45, 7) is 8.14. The first-order chi connectivity index (χ1) is 11.3. The zero-order chi connectivity index (χ0) is 17.7. The van der Waals surface area contributed by atoms with Crippen LogP contribution in [0.25, 0.3) is 0 Å². The minimum atomic E-state index is -0.562. The van der Waals surface area contributed by atoms with E-state index in [9.17, 15) is 20.4 Å². The fourth-order valence-electron chi connectivity index (χ4n) is 5.99. The van der Waals surface area contributed by atoms with Crippen LogP contribution in [-0.4, -0.2) is 45.8 Å². The lowest BCUT2D eigenvalue weighted by Gasteiger charge is -2.60. The second kappa shape index (κ2) is 6.24. The van der Waals surface area contributed by atoms with Crippen molar-refractivity contribution < 1.29 is 20.4 Å². The van der Waals surface area contributed by atoms with Crippen molar-refractivity contribution in [1.29, 1.82) is 0 Å². The Hall–Kier alpha value is -0.680. The van der Waals surface area contributed by atoms with Crippen LogP contribution in [0.15, 0.2) is 23.8 Å². The van der Waals surface area contributed by atoms with E-state index in [1.165, 1.54) is 0 Å². The molecular formula is C20H32O4. The zero-order valence-electron chi connectivity index (χ0n) is 14.9. The Kier molecular flexibility index (Phi) is 4.71. The van der Waals surface area contributed by atoms with Gasteiger partial charge < -0.3 is 20.4 Å². The van der Waals surface area contributed by atoms with Crippen molar-refractivity contribution in [2.75, 3.05) is 13.2 Å². The number of hydrogen-bond acceptors (Lipinski definition) is 4. The van der Waals surface area contributed by atoms with E-state index in [4.69, 9.17) is 0 Å². The summed E-state index contributed by atoms with van der Waals surface area (Å²) in [4.78, 5) is 0. The van der Waals surface area contributed by atoms with Gasteiger partial charge in [0.25, 0.3) is 0 Å². The van der Waals surface area contributed by atoms with Crippen LogP contribution >= 0.6 is 0 Å². The summed E-state index contributed by atoms with van der Waals surface area (Å²) in [6, 6.07) is 0. The van der Waals surface area contributed by atoms with Crippen LogP contribution in [0.1, 0.15) is 46.0 Å². The summed E-state index contributed by atoms with van der Waals surface area (Å²) in [5.41, 5.74) is 1.32. The Balaban J connectivity index is 1.95. The quantitative estimate of drug-likeness (QED) is 0.595. The molecule has 0 aromatic heterocycles. The molecule has 2 fully saturated rings. The van der Waals surface area contributed by atoms with Gasteiger partial charge in [-0.1, -0.05) is 26.5 Å². The summed E-state index contributed by atoms with van der Waals surface area (Å²) >= 11 is 0. The van der Waals surface area contributed by atoms with Crippen molar-refractivity contribution in [2.45, 2.75) is 58.2 Å². The van der Waals surface area contributed by atoms with Gasteiger partial charge in [-0.15, -0.1) is 0 Å². The molecule has 0 aliphatic heterocycles. The highest BCUT2D eigenvalue weighted by Gasteiger charge is 2.58. The lowest BCUT2D eigenvalue weighted by molar-refractivity contribution is -0.150. The molecule has 0 unspecified atom stereocenters. The van der Waals surface area contributed by atoms with Crippen LogP contribution in [0.5, 0.6) is 0 Å². The van der Waals surface area contributed by atoms with E-state index >= 15 is 0 Å². The highest BCUT2D eigenvalue weighted by molar-refractivity contribution is 5.29. The molecule has 0 radical (unpaired) electrons. The molecule has 0 spiro atoms. The average Bonchev–Trinajstić information content (AvgIpc) is 2.58. The smallest absolute Gasteiger partial charge is 0.0819 e. The Morgan fingerprint density at radius 1 is 1.21 bits per heavy atom. The topological polar surface area (TPSA) is 80.9 Å². The number of aliphatic hydroxyl groups is 4. The molecule has 3 rings (SSSR count). The molecule has 3 aliphatic rings. The highest BCUT2D eigenvalue weighted by atomic mass is 16.3. The predicted octanol–water partition coefficient (Wildman–Crippen LogP) is 2.03. The standard InChI is InChI=1S/C20H32O4/c1-12(10-21)13-4-6-15-14(18(13)24)5-7-16-19(15,2)9-8-17(23)20(16,3)11-22/h5,13,15-18,21-24H,1,4,6-11H2,2-3H3/t13-,15+,16-,17+,18+,19-,20+/m0/s1. The van der Waals surface area contributed by atoms with Crippen LogP contribution in [-0.2, 0) is 0 Å². The Bertz CT molecular complexity index is 542. The van der Waals surface area contributed by atoms with Crippen LogP contribution in [0, 0.1) is 28.6 Å². The molecule has 0 aromatic carbocycles. The SMILES string of the molecule is C=C(CO)[C@@H]1CC[C@@H]2C(=CC[C@@H]3[C@@](C)(CO)[C@H](O)CC[C@]32C)[C@@H]1O. The van der Waals surface area contributed by atoms with Crippen LogP contribution in [0.3, 0.4) is 0 Å². The fourth-order valence-corrected chi connectivity index (χ4v) is 5.99. The summed E-state index contributed by atoms with van der Waals surface area (Å²) in [5, 5.41) is 40.8. The Labute approximate surface area is 144 Å². The van der Waals surface area contributed by atoms with Crippen molar-refractivity contribution in [3.63, 3.8) is 0 Å². The predicted molar refractivity (Wildman–Crippen MR) is 93.2 cm³/mol. The van der Waals surface area contributed by atoms with Gasteiger partial charge in [0.05, 0.1) is 25.4 Å². The molecule has 0 bridgehead atoms. The fraction of sp³-hybridized carbons (Fsp3) is 0.800. The first kappa shape index (κ1) is 18.1. The van der Waals surface area contributed by atoms with Crippen LogP contribution in [0.2, 0.25) is 0 Å². The summed E-state index contributed by atoms with van der Waals surface area (Å²) < 4.78 is 0. The molecule has 4 heteroatoms. The Morgan fingerprint density at radius 3 is 2.54 bits per heavy atom. The third-order valence-electron chi connectivity index (χ3n) is 7.65. The molecule has 0 saturated heterocycles. The maximum absolute atomic E-state index is 10.9.